The van der Waals surface area contributed by atoms with Gasteiger partial charge < -0.3 is 19.5 Å². The minimum atomic E-state index is -0.807. The topological polar surface area (TPSA) is 77.1 Å². The first-order valence-electron chi connectivity index (χ1n) is 9.94. The smallest absolute Gasteiger partial charge is 0.343 e. The largest absolute Gasteiger partial charge is 0.493 e. The van der Waals surface area contributed by atoms with Gasteiger partial charge in [-0.05, 0) is 42.5 Å². The van der Waals surface area contributed by atoms with Gasteiger partial charge in [0, 0.05) is 28.0 Å². The summed E-state index contributed by atoms with van der Waals surface area (Å²) in [4.78, 5) is 26.8. The Morgan fingerprint density at radius 2 is 1.85 bits per heavy atom. The van der Waals surface area contributed by atoms with Gasteiger partial charge in [-0.3, -0.25) is 9.69 Å². The standard InChI is InChI=1S/C24H20ClFN2O5/c1-31-20-12-14(25)11-18(22(20)33-13-21(29)32-2)23-27-19-6-4-3-5-17(19)24(30)28(23)16-9-7-15(26)8-10-16/h3-12,23,27H,13H2,1-2H3/t23-/m1/s1. The molecule has 1 amide bonds. The molecule has 1 atom stereocenters. The number of para-hydroxylation sites is 1. The Kier molecular flexibility index (Phi) is 6.37. The van der Waals surface area contributed by atoms with Crippen molar-refractivity contribution in [3.8, 4) is 11.5 Å². The SMILES string of the molecule is COC(=O)COc1c(OC)cc(Cl)cc1[C@@H]1Nc2ccccc2C(=O)N1c1ccc(F)cc1. The molecule has 1 aliphatic rings. The Balaban J connectivity index is 1.89. The Bertz CT molecular complexity index is 1200. The molecule has 0 bridgehead atoms. The van der Waals surface area contributed by atoms with Crippen LogP contribution in [-0.4, -0.2) is 32.7 Å². The molecule has 0 unspecified atom stereocenters. The van der Waals surface area contributed by atoms with Gasteiger partial charge in [0.25, 0.3) is 5.91 Å². The summed E-state index contributed by atoms with van der Waals surface area (Å²) in [6.45, 7) is -0.380. The van der Waals surface area contributed by atoms with Crippen LogP contribution in [0.15, 0.2) is 60.7 Å². The maximum atomic E-state index is 13.6. The van der Waals surface area contributed by atoms with Gasteiger partial charge in [-0.25, -0.2) is 9.18 Å². The number of rotatable bonds is 6. The summed E-state index contributed by atoms with van der Waals surface area (Å²) in [5.41, 5.74) is 1.94. The molecule has 1 N–H and O–H groups in total. The molecule has 0 saturated carbocycles. The number of hydrogen-bond acceptors (Lipinski definition) is 6. The number of nitrogens with one attached hydrogen (secondary N) is 1. The number of benzene rings is 3. The molecule has 7 nitrogen and oxygen atoms in total. The highest BCUT2D eigenvalue weighted by Gasteiger charge is 2.36. The van der Waals surface area contributed by atoms with Crippen molar-refractivity contribution in [2.24, 2.45) is 0 Å². The maximum Gasteiger partial charge on any atom is 0.343 e. The summed E-state index contributed by atoms with van der Waals surface area (Å²) in [5.74, 6) is -0.845. The fourth-order valence-electron chi connectivity index (χ4n) is 3.63. The van der Waals surface area contributed by atoms with E-state index >= 15 is 0 Å². The summed E-state index contributed by atoms with van der Waals surface area (Å²) < 4.78 is 29.5. The molecule has 1 heterocycles. The lowest BCUT2D eigenvalue weighted by Gasteiger charge is -2.38. The van der Waals surface area contributed by atoms with Gasteiger partial charge in [-0.2, -0.15) is 0 Å². The van der Waals surface area contributed by atoms with Crippen LogP contribution < -0.4 is 19.7 Å². The van der Waals surface area contributed by atoms with Crippen LogP contribution in [0.5, 0.6) is 11.5 Å². The minimum Gasteiger partial charge on any atom is -0.493 e. The lowest BCUT2D eigenvalue weighted by atomic mass is 10.0. The van der Waals surface area contributed by atoms with Gasteiger partial charge in [0.15, 0.2) is 18.1 Å². The summed E-state index contributed by atoms with van der Waals surface area (Å²) >= 11 is 6.35. The van der Waals surface area contributed by atoms with Crippen LogP contribution in [0.3, 0.4) is 0 Å². The molecule has 3 aromatic rings. The van der Waals surface area contributed by atoms with Crippen molar-refractivity contribution >= 4 is 34.9 Å². The highest BCUT2D eigenvalue weighted by molar-refractivity contribution is 6.31. The summed E-state index contributed by atoms with van der Waals surface area (Å²) in [6.07, 6.45) is -0.807. The zero-order chi connectivity index (χ0) is 23.5. The molecule has 0 aliphatic carbocycles. The van der Waals surface area contributed by atoms with E-state index in [2.05, 4.69) is 10.1 Å². The highest BCUT2D eigenvalue weighted by Crippen LogP contribution is 2.44. The molecule has 0 saturated heterocycles. The fraction of sp³-hybridized carbons (Fsp3) is 0.167. The summed E-state index contributed by atoms with van der Waals surface area (Å²) in [5, 5.41) is 3.66. The van der Waals surface area contributed by atoms with Gasteiger partial charge in [-0.1, -0.05) is 23.7 Å². The number of ether oxygens (including phenoxy) is 3. The third kappa shape index (κ3) is 4.42. The number of esters is 1. The van der Waals surface area contributed by atoms with Crippen LogP contribution in [0, 0.1) is 5.82 Å². The predicted molar refractivity (Wildman–Crippen MR) is 122 cm³/mol. The third-order valence-corrected chi connectivity index (χ3v) is 5.37. The lowest BCUT2D eigenvalue weighted by Crippen LogP contribution is -2.43. The Morgan fingerprint density at radius 1 is 1.12 bits per heavy atom. The van der Waals surface area contributed by atoms with Gasteiger partial charge >= 0.3 is 5.97 Å². The molecule has 0 radical (unpaired) electrons. The van der Waals surface area contributed by atoms with Crippen LogP contribution in [0.2, 0.25) is 5.02 Å². The second-order valence-electron chi connectivity index (χ2n) is 7.14. The fourth-order valence-corrected chi connectivity index (χ4v) is 3.84. The quantitative estimate of drug-likeness (QED) is 0.521. The number of methoxy groups -OCH3 is 2. The third-order valence-electron chi connectivity index (χ3n) is 5.16. The van der Waals surface area contributed by atoms with Gasteiger partial charge in [-0.15, -0.1) is 0 Å². The Hall–Kier alpha value is -3.78. The van der Waals surface area contributed by atoms with E-state index in [1.807, 2.05) is 0 Å². The van der Waals surface area contributed by atoms with Crippen molar-refractivity contribution in [1.29, 1.82) is 0 Å². The molecular formula is C24H20ClFN2O5. The highest BCUT2D eigenvalue weighted by atomic mass is 35.5. The van der Waals surface area contributed by atoms with E-state index in [0.717, 1.165) is 0 Å². The monoisotopic (exact) mass is 470 g/mol. The summed E-state index contributed by atoms with van der Waals surface area (Å²) in [6, 6.07) is 15.8. The zero-order valence-electron chi connectivity index (χ0n) is 17.8. The number of anilines is 2. The maximum absolute atomic E-state index is 13.6. The van der Waals surface area contributed by atoms with Crippen molar-refractivity contribution in [2.45, 2.75) is 6.17 Å². The van der Waals surface area contributed by atoms with Gasteiger partial charge in [0.1, 0.15) is 12.0 Å². The van der Waals surface area contributed by atoms with E-state index in [-0.39, 0.29) is 24.0 Å². The summed E-state index contributed by atoms with van der Waals surface area (Å²) in [7, 11) is 2.69. The first-order chi connectivity index (χ1) is 15.9. The molecule has 0 spiro atoms. The van der Waals surface area contributed by atoms with Gasteiger partial charge in [0.05, 0.1) is 19.8 Å². The molecule has 9 heteroatoms. The normalized spacial score (nSPS) is 14.8. The van der Waals surface area contributed by atoms with E-state index in [4.69, 9.17) is 21.1 Å². The molecule has 3 aromatic carbocycles. The molecule has 4 rings (SSSR count). The van der Waals surface area contributed by atoms with Crippen molar-refractivity contribution in [3.63, 3.8) is 0 Å². The predicted octanol–water partition coefficient (Wildman–Crippen LogP) is 4.81. The van der Waals surface area contributed by atoms with E-state index in [1.165, 1.54) is 43.4 Å². The molecule has 0 fully saturated rings. The van der Waals surface area contributed by atoms with Crippen molar-refractivity contribution in [3.05, 3.63) is 82.6 Å². The molecule has 0 aromatic heterocycles. The number of carbonyl (C=O) groups is 2. The second-order valence-corrected chi connectivity index (χ2v) is 7.57. The zero-order valence-corrected chi connectivity index (χ0v) is 18.6. The average molecular weight is 471 g/mol. The van der Waals surface area contributed by atoms with Crippen LogP contribution >= 0.6 is 11.6 Å². The van der Waals surface area contributed by atoms with Crippen LogP contribution in [-0.2, 0) is 9.53 Å². The molecular weight excluding hydrogens is 451 g/mol. The lowest BCUT2D eigenvalue weighted by molar-refractivity contribution is -0.142. The molecule has 170 valence electrons. The number of amides is 1. The van der Waals surface area contributed by atoms with Crippen LogP contribution in [0.4, 0.5) is 15.8 Å². The molecule has 1 aliphatic heterocycles. The number of carbonyl (C=O) groups excluding carboxylic acids is 2. The van der Waals surface area contributed by atoms with Crippen molar-refractivity contribution < 1.29 is 28.2 Å². The van der Waals surface area contributed by atoms with Crippen LogP contribution in [0.25, 0.3) is 0 Å². The van der Waals surface area contributed by atoms with Crippen LogP contribution in [0.1, 0.15) is 22.1 Å². The second kappa shape index (κ2) is 9.38. The average Bonchev–Trinajstić information content (AvgIpc) is 2.83. The first-order valence-corrected chi connectivity index (χ1v) is 10.3. The number of fused-ring (bicyclic) bond motifs is 1. The van der Waals surface area contributed by atoms with Crippen molar-refractivity contribution in [1.82, 2.24) is 0 Å². The van der Waals surface area contributed by atoms with E-state index in [9.17, 15) is 14.0 Å². The Morgan fingerprint density at radius 3 is 2.55 bits per heavy atom. The number of halogens is 2. The Labute approximate surface area is 194 Å². The van der Waals surface area contributed by atoms with E-state index < -0.39 is 18.0 Å². The van der Waals surface area contributed by atoms with Crippen molar-refractivity contribution in [2.75, 3.05) is 31.0 Å². The van der Waals surface area contributed by atoms with E-state index in [1.54, 1.807) is 36.4 Å². The van der Waals surface area contributed by atoms with E-state index in [0.29, 0.717) is 27.5 Å². The minimum absolute atomic E-state index is 0.212. The number of hydrogen-bond donors (Lipinski definition) is 1. The number of nitrogens with zero attached hydrogens (tertiary/aromatic N) is 1. The molecule has 33 heavy (non-hydrogen) atoms. The van der Waals surface area contributed by atoms with Gasteiger partial charge in [0.2, 0.25) is 0 Å². The first kappa shape index (κ1) is 22.4.